The molecule has 16 heavy (non-hydrogen) atoms. The highest BCUT2D eigenvalue weighted by Gasteiger charge is 2.11. The topological polar surface area (TPSA) is 50.9 Å². The Morgan fingerprint density at radius 3 is 1.81 bits per heavy atom. The molecule has 0 amide bonds. The van der Waals surface area contributed by atoms with Gasteiger partial charge in [0.15, 0.2) is 5.75 Å². The van der Waals surface area contributed by atoms with Gasteiger partial charge in [-0.15, -0.1) is 0 Å². The van der Waals surface area contributed by atoms with E-state index in [1.165, 1.54) is 0 Å². The van der Waals surface area contributed by atoms with Crippen molar-refractivity contribution in [3.63, 3.8) is 0 Å². The molecule has 1 N–H and O–H groups in total. The van der Waals surface area contributed by atoms with E-state index in [9.17, 15) is 5.11 Å². The predicted molar refractivity (Wildman–Crippen MR) is 62.0 cm³/mol. The molecule has 4 heteroatoms. The van der Waals surface area contributed by atoms with Gasteiger partial charge in [0.05, 0.1) is 11.4 Å². The van der Waals surface area contributed by atoms with Crippen molar-refractivity contribution < 1.29 is 5.11 Å². The molecule has 2 heterocycles. The van der Waals surface area contributed by atoms with Crippen LogP contribution >= 0.6 is 0 Å². The molecule has 0 saturated heterocycles. The van der Waals surface area contributed by atoms with E-state index >= 15 is 0 Å². The summed E-state index contributed by atoms with van der Waals surface area (Å²) < 4.78 is 1.97. The summed E-state index contributed by atoms with van der Waals surface area (Å²) >= 11 is 0. The first-order chi connectivity index (χ1) is 7.50. The Morgan fingerprint density at radius 2 is 1.38 bits per heavy atom. The highest BCUT2D eigenvalue weighted by atomic mass is 16.3. The molecule has 0 fully saturated rings. The van der Waals surface area contributed by atoms with Crippen molar-refractivity contribution in [2.24, 2.45) is 0 Å². The number of hydrogen-bond acceptors (Lipinski definition) is 3. The molecule has 84 valence electrons. The van der Waals surface area contributed by atoms with Crippen LogP contribution in [0.3, 0.4) is 0 Å². The summed E-state index contributed by atoms with van der Waals surface area (Å²) in [6.45, 7) is 7.57. The molecule has 0 saturated carbocycles. The Bertz CT molecular complexity index is 501. The number of aromatic hydroxyl groups is 1. The lowest BCUT2D eigenvalue weighted by atomic mass is 10.3. The monoisotopic (exact) mass is 217 g/mol. The van der Waals surface area contributed by atoms with Crippen LogP contribution in [0.5, 0.6) is 5.75 Å². The van der Waals surface area contributed by atoms with Gasteiger partial charge >= 0.3 is 0 Å². The molecule has 2 aromatic heterocycles. The van der Waals surface area contributed by atoms with E-state index in [0.717, 1.165) is 11.4 Å². The van der Waals surface area contributed by atoms with Gasteiger partial charge < -0.3 is 5.11 Å². The van der Waals surface area contributed by atoms with Gasteiger partial charge in [0.1, 0.15) is 0 Å². The van der Waals surface area contributed by atoms with E-state index < -0.39 is 0 Å². The standard InChI is InChI=1S/C12H15N3O/c1-7-5-6-8(2)15(7)12-13-9(3)11(16)10(4)14-12/h5-6,16H,1-4H3. The first-order valence-electron chi connectivity index (χ1n) is 5.20. The third-order valence-corrected chi connectivity index (χ3v) is 2.69. The van der Waals surface area contributed by atoms with Gasteiger partial charge in [0.25, 0.3) is 0 Å². The molecular formula is C12H15N3O. The Balaban J connectivity index is 2.66. The van der Waals surface area contributed by atoms with Gasteiger partial charge in [0, 0.05) is 11.4 Å². The summed E-state index contributed by atoms with van der Waals surface area (Å²) in [5.74, 6) is 0.791. The quantitative estimate of drug-likeness (QED) is 0.796. The molecule has 4 nitrogen and oxygen atoms in total. The maximum Gasteiger partial charge on any atom is 0.234 e. The Hall–Kier alpha value is -1.84. The zero-order chi connectivity index (χ0) is 11.9. The number of aryl methyl sites for hydroxylation is 4. The fourth-order valence-electron chi connectivity index (χ4n) is 1.78. The van der Waals surface area contributed by atoms with Crippen LogP contribution in [0, 0.1) is 27.7 Å². The summed E-state index contributed by atoms with van der Waals surface area (Å²) in [5, 5.41) is 9.63. The Kier molecular flexibility index (Phi) is 2.42. The molecular weight excluding hydrogens is 202 g/mol. The molecule has 0 unspecified atom stereocenters. The van der Waals surface area contributed by atoms with Crippen molar-refractivity contribution in [1.29, 1.82) is 0 Å². The minimum atomic E-state index is 0.172. The Morgan fingerprint density at radius 1 is 0.938 bits per heavy atom. The average molecular weight is 217 g/mol. The molecule has 2 aromatic rings. The molecule has 0 bridgehead atoms. The van der Waals surface area contributed by atoms with Crippen molar-refractivity contribution in [3.05, 3.63) is 34.9 Å². The van der Waals surface area contributed by atoms with Gasteiger partial charge in [-0.2, -0.15) is 0 Å². The van der Waals surface area contributed by atoms with Crippen LogP contribution < -0.4 is 0 Å². The average Bonchev–Trinajstić information content (AvgIpc) is 2.54. The maximum absolute atomic E-state index is 9.63. The van der Waals surface area contributed by atoms with Gasteiger partial charge in [-0.05, 0) is 39.8 Å². The number of rotatable bonds is 1. The third kappa shape index (κ3) is 1.56. The molecule has 2 rings (SSSR count). The molecule has 0 aromatic carbocycles. The zero-order valence-corrected chi connectivity index (χ0v) is 9.94. The minimum absolute atomic E-state index is 0.172. The van der Waals surface area contributed by atoms with Gasteiger partial charge in [-0.25, -0.2) is 9.97 Å². The van der Waals surface area contributed by atoms with Gasteiger partial charge in [-0.1, -0.05) is 0 Å². The summed E-state index contributed by atoms with van der Waals surface area (Å²) in [4.78, 5) is 8.60. The van der Waals surface area contributed by atoms with E-state index in [-0.39, 0.29) is 5.75 Å². The fraction of sp³-hybridized carbons (Fsp3) is 0.333. The summed E-state index contributed by atoms with van der Waals surface area (Å²) in [6.07, 6.45) is 0. The lowest BCUT2D eigenvalue weighted by Gasteiger charge is -2.10. The second-order valence-corrected chi connectivity index (χ2v) is 3.99. The van der Waals surface area contributed by atoms with Crippen LogP contribution in [-0.4, -0.2) is 19.6 Å². The lowest BCUT2D eigenvalue weighted by Crippen LogP contribution is -2.07. The van der Waals surface area contributed by atoms with E-state index in [1.54, 1.807) is 13.8 Å². The van der Waals surface area contributed by atoms with Crippen molar-refractivity contribution in [2.75, 3.05) is 0 Å². The normalized spacial score (nSPS) is 10.8. The lowest BCUT2D eigenvalue weighted by molar-refractivity contribution is 0.458. The van der Waals surface area contributed by atoms with E-state index in [0.29, 0.717) is 17.3 Å². The molecule has 0 aliphatic rings. The molecule has 0 spiro atoms. The van der Waals surface area contributed by atoms with Gasteiger partial charge in [-0.3, -0.25) is 4.57 Å². The second kappa shape index (κ2) is 3.63. The van der Waals surface area contributed by atoms with Crippen LogP contribution in [0.15, 0.2) is 12.1 Å². The fourth-order valence-corrected chi connectivity index (χ4v) is 1.78. The molecule has 0 aliphatic carbocycles. The third-order valence-electron chi connectivity index (χ3n) is 2.69. The smallest absolute Gasteiger partial charge is 0.234 e. The zero-order valence-electron chi connectivity index (χ0n) is 9.94. The predicted octanol–water partition coefficient (Wildman–Crippen LogP) is 2.21. The largest absolute Gasteiger partial charge is 0.504 e. The first-order valence-corrected chi connectivity index (χ1v) is 5.20. The van der Waals surface area contributed by atoms with Crippen LogP contribution in [0.4, 0.5) is 0 Å². The second-order valence-electron chi connectivity index (χ2n) is 3.99. The molecule has 0 aliphatic heterocycles. The number of hydrogen-bond donors (Lipinski definition) is 1. The highest BCUT2D eigenvalue weighted by Crippen LogP contribution is 2.20. The van der Waals surface area contributed by atoms with Crippen LogP contribution in [-0.2, 0) is 0 Å². The Labute approximate surface area is 94.6 Å². The van der Waals surface area contributed by atoms with Crippen molar-refractivity contribution in [3.8, 4) is 11.7 Å². The maximum atomic E-state index is 9.63. The number of nitrogens with zero attached hydrogens (tertiary/aromatic N) is 3. The van der Waals surface area contributed by atoms with Crippen LogP contribution in [0.25, 0.3) is 5.95 Å². The first kappa shape index (κ1) is 10.7. The van der Waals surface area contributed by atoms with E-state index in [2.05, 4.69) is 9.97 Å². The molecule has 0 radical (unpaired) electrons. The van der Waals surface area contributed by atoms with Crippen LogP contribution in [0.2, 0.25) is 0 Å². The van der Waals surface area contributed by atoms with Crippen molar-refractivity contribution >= 4 is 0 Å². The van der Waals surface area contributed by atoms with Crippen LogP contribution in [0.1, 0.15) is 22.8 Å². The summed E-state index contributed by atoms with van der Waals surface area (Å²) in [6, 6.07) is 4.05. The summed E-state index contributed by atoms with van der Waals surface area (Å²) in [7, 11) is 0. The summed E-state index contributed by atoms with van der Waals surface area (Å²) in [5.41, 5.74) is 3.38. The van der Waals surface area contributed by atoms with Crippen molar-refractivity contribution in [1.82, 2.24) is 14.5 Å². The highest BCUT2D eigenvalue weighted by molar-refractivity contribution is 5.35. The minimum Gasteiger partial charge on any atom is -0.504 e. The molecule has 0 atom stereocenters. The van der Waals surface area contributed by atoms with E-state index in [1.807, 2.05) is 30.5 Å². The SMILES string of the molecule is Cc1nc(-n2c(C)ccc2C)nc(C)c1O. The van der Waals surface area contributed by atoms with Gasteiger partial charge in [0.2, 0.25) is 5.95 Å². The van der Waals surface area contributed by atoms with Crippen molar-refractivity contribution in [2.45, 2.75) is 27.7 Å². The van der Waals surface area contributed by atoms with E-state index in [4.69, 9.17) is 0 Å². The number of aromatic nitrogens is 3.